The lowest BCUT2D eigenvalue weighted by Crippen LogP contribution is -2.24. The highest BCUT2D eigenvalue weighted by molar-refractivity contribution is 5.88. The Hall–Kier alpha value is -2.24. The summed E-state index contributed by atoms with van der Waals surface area (Å²) in [4.78, 5) is 16.0. The zero-order chi connectivity index (χ0) is 14.8. The van der Waals surface area contributed by atoms with Crippen molar-refractivity contribution in [2.45, 2.75) is 39.8 Å². The number of pyridine rings is 1. The molecule has 0 aliphatic heterocycles. The van der Waals surface area contributed by atoms with Crippen LogP contribution in [0.2, 0.25) is 0 Å². The molecule has 2 aromatic heterocycles. The molecule has 106 valence electrons. The first-order valence-corrected chi connectivity index (χ1v) is 6.39. The van der Waals surface area contributed by atoms with Crippen molar-refractivity contribution in [3.05, 3.63) is 41.5 Å². The van der Waals surface area contributed by atoms with Crippen LogP contribution in [-0.4, -0.2) is 31.5 Å². The minimum absolute atomic E-state index is 0.258. The summed E-state index contributed by atoms with van der Waals surface area (Å²) in [5, 5.41) is 7.93. The summed E-state index contributed by atoms with van der Waals surface area (Å²) in [6, 6.07) is 3.79. The van der Waals surface area contributed by atoms with E-state index in [-0.39, 0.29) is 5.69 Å². The van der Waals surface area contributed by atoms with Gasteiger partial charge in [-0.3, -0.25) is 4.98 Å². The van der Waals surface area contributed by atoms with Crippen molar-refractivity contribution in [1.82, 2.24) is 20.0 Å². The molecule has 0 saturated heterocycles. The van der Waals surface area contributed by atoms with Crippen LogP contribution in [0.3, 0.4) is 0 Å². The van der Waals surface area contributed by atoms with Gasteiger partial charge in [-0.15, -0.1) is 5.10 Å². The Morgan fingerprint density at radius 3 is 2.55 bits per heavy atom. The van der Waals surface area contributed by atoms with Crippen molar-refractivity contribution >= 4 is 5.97 Å². The van der Waals surface area contributed by atoms with Crippen molar-refractivity contribution in [2.75, 3.05) is 0 Å². The summed E-state index contributed by atoms with van der Waals surface area (Å²) in [6.07, 6.45) is 3.44. The Morgan fingerprint density at radius 2 is 1.95 bits per heavy atom. The lowest BCUT2D eigenvalue weighted by atomic mass is 10.2. The quantitative estimate of drug-likeness (QED) is 0.800. The van der Waals surface area contributed by atoms with E-state index in [1.54, 1.807) is 24.0 Å². The van der Waals surface area contributed by atoms with Crippen LogP contribution in [0.1, 0.15) is 42.5 Å². The fraction of sp³-hybridized carbons (Fsp3) is 0.429. The molecule has 0 aliphatic carbocycles. The van der Waals surface area contributed by atoms with Gasteiger partial charge in [-0.1, -0.05) is 5.21 Å². The highest BCUT2D eigenvalue weighted by atomic mass is 16.6. The van der Waals surface area contributed by atoms with Crippen LogP contribution < -0.4 is 0 Å². The van der Waals surface area contributed by atoms with Gasteiger partial charge in [-0.05, 0) is 45.4 Å². The fourth-order valence-corrected chi connectivity index (χ4v) is 1.69. The zero-order valence-corrected chi connectivity index (χ0v) is 12.1. The third-order valence-electron chi connectivity index (χ3n) is 2.66. The number of carbonyl (C=O) groups is 1. The predicted molar refractivity (Wildman–Crippen MR) is 73.3 cm³/mol. The maximum absolute atomic E-state index is 12.0. The average molecular weight is 274 g/mol. The summed E-state index contributed by atoms with van der Waals surface area (Å²) < 4.78 is 6.98. The molecule has 0 amide bonds. The second kappa shape index (κ2) is 5.40. The number of rotatable bonds is 3. The van der Waals surface area contributed by atoms with Gasteiger partial charge in [0.1, 0.15) is 5.60 Å². The van der Waals surface area contributed by atoms with E-state index in [1.807, 2.05) is 32.9 Å². The second-order valence-electron chi connectivity index (χ2n) is 5.54. The SMILES string of the molecule is Cc1c(C(=O)OC(C)(C)C)nnn1Cc1ccncc1. The highest BCUT2D eigenvalue weighted by Gasteiger charge is 2.23. The van der Waals surface area contributed by atoms with Crippen molar-refractivity contribution < 1.29 is 9.53 Å². The van der Waals surface area contributed by atoms with Crippen molar-refractivity contribution in [1.29, 1.82) is 0 Å². The number of ether oxygens (including phenoxy) is 1. The average Bonchev–Trinajstić information content (AvgIpc) is 2.70. The molecule has 0 saturated carbocycles. The van der Waals surface area contributed by atoms with Gasteiger partial charge in [0.05, 0.1) is 12.2 Å². The third kappa shape index (κ3) is 3.40. The van der Waals surface area contributed by atoms with E-state index in [4.69, 9.17) is 4.74 Å². The lowest BCUT2D eigenvalue weighted by molar-refractivity contribution is 0.00619. The lowest BCUT2D eigenvalue weighted by Gasteiger charge is -2.18. The smallest absolute Gasteiger partial charge is 0.361 e. The fourth-order valence-electron chi connectivity index (χ4n) is 1.69. The summed E-state index contributed by atoms with van der Waals surface area (Å²) >= 11 is 0. The molecule has 0 radical (unpaired) electrons. The largest absolute Gasteiger partial charge is 0.455 e. The Morgan fingerprint density at radius 1 is 1.30 bits per heavy atom. The monoisotopic (exact) mass is 274 g/mol. The number of carbonyl (C=O) groups excluding carboxylic acids is 1. The Bertz CT molecular complexity index is 599. The molecule has 0 spiro atoms. The van der Waals surface area contributed by atoms with Crippen molar-refractivity contribution in [3.63, 3.8) is 0 Å². The first-order chi connectivity index (χ1) is 9.37. The molecule has 0 aliphatic rings. The molecule has 2 aromatic rings. The van der Waals surface area contributed by atoms with Crippen LogP contribution in [-0.2, 0) is 11.3 Å². The molecular formula is C14H18N4O2. The third-order valence-corrected chi connectivity index (χ3v) is 2.66. The van der Waals surface area contributed by atoms with Gasteiger partial charge in [-0.2, -0.15) is 0 Å². The van der Waals surface area contributed by atoms with Gasteiger partial charge in [-0.25, -0.2) is 9.48 Å². The Kier molecular flexibility index (Phi) is 3.83. The summed E-state index contributed by atoms with van der Waals surface area (Å²) in [5.74, 6) is -0.448. The maximum Gasteiger partial charge on any atom is 0.361 e. The first-order valence-electron chi connectivity index (χ1n) is 6.39. The molecule has 0 atom stereocenters. The number of hydrogen-bond acceptors (Lipinski definition) is 5. The molecule has 0 bridgehead atoms. The van der Waals surface area contributed by atoms with E-state index in [9.17, 15) is 4.79 Å². The van der Waals surface area contributed by atoms with E-state index < -0.39 is 11.6 Å². The summed E-state index contributed by atoms with van der Waals surface area (Å²) in [5.41, 5.74) is 1.45. The van der Waals surface area contributed by atoms with E-state index in [0.29, 0.717) is 12.2 Å². The predicted octanol–water partition coefficient (Wildman–Crippen LogP) is 1.99. The molecular weight excluding hydrogens is 256 g/mol. The van der Waals surface area contributed by atoms with E-state index >= 15 is 0 Å². The summed E-state index contributed by atoms with van der Waals surface area (Å²) in [7, 11) is 0. The molecule has 2 rings (SSSR count). The number of hydrogen-bond donors (Lipinski definition) is 0. The van der Waals surface area contributed by atoms with Crippen LogP contribution in [0.15, 0.2) is 24.5 Å². The molecule has 6 heteroatoms. The first kappa shape index (κ1) is 14.2. The molecule has 0 unspecified atom stereocenters. The molecule has 2 heterocycles. The van der Waals surface area contributed by atoms with Crippen LogP contribution in [0, 0.1) is 6.92 Å². The maximum atomic E-state index is 12.0. The van der Waals surface area contributed by atoms with Crippen LogP contribution in [0.25, 0.3) is 0 Å². The normalized spacial score (nSPS) is 11.4. The van der Waals surface area contributed by atoms with Crippen LogP contribution in [0.5, 0.6) is 0 Å². The molecule has 0 N–H and O–H groups in total. The number of esters is 1. The van der Waals surface area contributed by atoms with Crippen LogP contribution in [0.4, 0.5) is 0 Å². The molecule has 20 heavy (non-hydrogen) atoms. The van der Waals surface area contributed by atoms with Crippen molar-refractivity contribution in [3.8, 4) is 0 Å². The minimum atomic E-state index is -0.543. The number of aromatic nitrogens is 4. The second-order valence-corrected chi connectivity index (χ2v) is 5.54. The standard InChI is InChI=1S/C14H18N4O2/c1-10-12(13(19)20-14(2,3)4)16-17-18(10)9-11-5-7-15-8-6-11/h5-8H,9H2,1-4H3. The molecule has 0 aromatic carbocycles. The van der Waals surface area contributed by atoms with Gasteiger partial charge >= 0.3 is 5.97 Å². The number of nitrogens with zero attached hydrogens (tertiary/aromatic N) is 4. The van der Waals surface area contributed by atoms with E-state index in [0.717, 1.165) is 5.56 Å². The van der Waals surface area contributed by atoms with Gasteiger partial charge in [0.2, 0.25) is 0 Å². The Labute approximate surface area is 117 Å². The molecule has 6 nitrogen and oxygen atoms in total. The highest BCUT2D eigenvalue weighted by Crippen LogP contribution is 2.13. The Balaban J connectivity index is 2.17. The van der Waals surface area contributed by atoms with Gasteiger partial charge in [0, 0.05) is 12.4 Å². The topological polar surface area (TPSA) is 69.9 Å². The molecule has 0 fully saturated rings. The van der Waals surface area contributed by atoms with Gasteiger partial charge < -0.3 is 4.74 Å². The van der Waals surface area contributed by atoms with Crippen molar-refractivity contribution in [2.24, 2.45) is 0 Å². The zero-order valence-electron chi connectivity index (χ0n) is 12.1. The van der Waals surface area contributed by atoms with Gasteiger partial charge in [0.15, 0.2) is 5.69 Å². The summed E-state index contributed by atoms with van der Waals surface area (Å²) in [6.45, 7) is 7.81. The van der Waals surface area contributed by atoms with Crippen LogP contribution >= 0.6 is 0 Å². The van der Waals surface area contributed by atoms with Gasteiger partial charge in [0.25, 0.3) is 0 Å². The van der Waals surface area contributed by atoms with E-state index in [2.05, 4.69) is 15.3 Å². The minimum Gasteiger partial charge on any atom is -0.455 e. The van der Waals surface area contributed by atoms with E-state index in [1.165, 1.54) is 0 Å².